The largest absolute Gasteiger partial charge is 0.497 e. The Kier molecular flexibility index (Phi) is 13.6. The first-order valence-corrected chi connectivity index (χ1v) is 17.3. The Morgan fingerprint density at radius 3 is 1.83 bits per heavy atom. The minimum absolute atomic E-state index is 0.106. The second-order valence-electron chi connectivity index (χ2n) is 12.3. The third-order valence-corrected chi connectivity index (χ3v) is 10.7. The fraction of sp³-hybridized carbons (Fsp3) is 0.486. The van der Waals surface area contributed by atoms with Gasteiger partial charge in [0.15, 0.2) is 0 Å². The van der Waals surface area contributed by atoms with Crippen molar-refractivity contribution in [2.45, 2.75) is 70.1 Å². The molecule has 9 nitrogen and oxygen atoms in total. The van der Waals surface area contributed by atoms with Gasteiger partial charge in [0.25, 0.3) is 8.53 Å². The van der Waals surface area contributed by atoms with Crippen LogP contribution in [0.1, 0.15) is 50.8 Å². The molecule has 0 aliphatic heterocycles. The number of benzene rings is 3. The lowest BCUT2D eigenvalue weighted by Crippen LogP contribution is -2.42. The molecule has 2 unspecified atom stereocenters. The smallest absolute Gasteiger partial charge is 0.259 e. The van der Waals surface area contributed by atoms with Crippen LogP contribution in [0.5, 0.6) is 11.5 Å². The lowest BCUT2D eigenvalue weighted by Gasteiger charge is -2.40. The van der Waals surface area contributed by atoms with Gasteiger partial charge in [-0.05, 0) is 75.1 Å². The number of hydrogen-bond donors (Lipinski definition) is 1. The van der Waals surface area contributed by atoms with Crippen LogP contribution in [0.3, 0.4) is 0 Å². The van der Waals surface area contributed by atoms with Crippen LogP contribution in [0.4, 0.5) is 0 Å². The number of rotatable bonds is 17. The van der Waals surface area contributed by atoms with Crippen LogP contribution >= 0.6 is 8.53 Å². The molecule has 1 aliphatic carbocycles. The van der Waals surface area contributed by atoms with E-state index in [9.17, 15) is 0 Å². The number of nitrogens with zero attached hydrogens (tertiary/aromatic N) is 2. The maximum Gasteiger partial charge on any atom is 0.259 e. The standard InChI is InChI=1S/C37H50N3O6P/c1-26(2)40(27(3)4)47(45-23-22-39-5)46-35-28(24-34(38)36(35)43-8)25-44-37(29-12-10-9-11-13-29,30-14-18-32(41-6)19-15-30)31-16-20-33(42-7)21-17-31/h9-21,26-28,34-36H,22-25,38H2,1-4,6-8H3/t28-,34+,35?,36-,47?/m1/s1. The summed E-state index contributed by atoms with van der Waals surface area (Å²) in [6.45, 7) is 16.7. The van der Waals surface area contributed by atoms with Gasteiger partial charge in [0.1, 0.15) is 23.7 Å². The maximum absolute atomic E-state index is 7.27. The first-order chi connectivity index (χ1) is 22.7. The van der Waals surface area contributed by atoms with Crippen LogP contribution in [0.2, 0.25) is 0 Å². The number of methoxy groups -OCH3 is 3. The zero-order valence-corrected chi connectivity index (χ0v) is 29.6. The van der Waals surface area contributed by atoms with E-state index in [1.54, 1.807) is 21.3 Å². The van der Waals surface area contributed by atoms with Gasteiger partial charge in [-0.1, -0.05) is 54.6 Å². The molecule has 1 saturated carbocycles. The topological polar surface area (TPSA) is 89.0 Å². The Morgan fingerprint density at radius 1 is 0.830 bits per heavy atom. The van der Waals surface area contributed by atoms with Gasteiger partial charge in [-0.25, -0.2) is 11.2 Å². The van der Waals surface area contributed by atoms with Gasteiger partial charge >= 0.3 is 0 Å². The summed E-state index contributed by atoms with van der Waals surface area (Å²) in [6.07, 6.45) is -0.102. The molecule has 3 aromatic rings. The van der Waals surface area contributed by atoms with E-state index in [2.05, 4.69) is 73.6 Å². The molecule has 0 aromatic heterocycles. The molecular formula is C37H50N3O6P. The van der Waals surface area contributed by atoms with Crippen molar-refractivity contribution in [2.75, 3.05) is 41.1 Å². The highest BCUT2D eigenvalue weighted by Gasteiger charge is 2.48. The van der Waals surface area contributed by atoms with Crippen molar-refractivity contribution in [1.29, 1.82) is 0 Å². The molecule has 0 spiro atoms. The summed E-state index contributed by atoms with van der Waals surface area (Å²) in [5.41, 5.74) is 8.64. The Morgan fingerprint density at radius 2 is 1.36 bits per heavy atom. The third kappa shape index (κ3) is 8.51. The molecule has 1 aliphatic rings. The minimum atomic E-state index is -1.51. The molecule has 47 heavy (non-hydrogen) atoms. The molecule has 10 heteroatoms. The zero-order valence-electron chi connectivity index (χ0n) is 28.7. The Hall–Kier alpha value is -3.06. The maximum atomic E-state index is 7.27. The lowest BCUT2D eigenvalue weighted by atomic mass is 9.79. The van der Waals surface area contributed by atoms with E-state index in [1.165, 1.54) is 0 Å². The Balaban J connectivity index is 1.77. The van der Waals surface area contributed by atoms with Crippen molar-refractivity contribution in [2.24, 2.45) is 11.7 Å². The van der Waals surface area contributed by atoms with Gasteiger partial charge in [0, 0.05) is 31.2 Å². The predicted molar refractivity (Wildman–Crippen MR) is 186 cm³/mol. The monoisotopic (exact) mass is 663 g/mol. The second-order valence-corrected chi connectivity index (χ2v) is 13.7. The van der Waals surface area contributed by atoms with E-state index in [1.807, 2.05) is 42.5 Å². The highest BCUT2D eigenvalue weighted by atomic mass is 31.2. The summed E-state index contributed by atoms with van der Waals surface area (Å²) >= 11 is 0. The van der Waals surface area contributed by atoms with Crippen molar-refractivity contribution in [3.8, 4) is 11.5 Å². The average molecular weight is 664 g/mol. The van der Waals surface area contributed by atoms with Gasteiger partial charge < -0.3 is 38.6 Å². The summed E-state index contributed by atoms with van der Waals surface area (Å²) < 4.78 is 39.7. The molecule has 0 radical (unpaired) electrons. The number of nitrogens with two attached hydrogens (primary N) is 1. The molecule has 0 saturated heterocycles. The van der Waals surface area contributed by atoms with Crippen molar-refractivity contribution >= 4 is 8.53 Å². The quantitative estimate of drug-likeness (QED) is 0.0712. The number of hydrogen-bond acceptors (Lipinski definition) is 8. The summed E-state index contributed by atoms with van der Waals surface area (Å²) in [5, 5.41) is 0. The normalized spacial score (nSPS) is 20.5. The predicted octanol–water partition coefficient (Wildman–Crippen LogP) is 7.04. The van der Waals surface area contributed by atoms with Gasteiger partial charge in [0.2, 0.25) is 6.54 Å². The molecule has 4 rings (SSSR count). The summed E-state index contributed by atoms with van der Waals surface area (Å²) in [7, 11) is 3.49. The van der Waals surface area contributed by atoms with Crippen molar-refractivity contribution < 1.29 is 28.0 Å². The molecule has 3 aromatic carbocycles. The minimum Gasteiger partial charge on any atom is -0.497 e. The summed E-state index contributed by atoms with van der Waals surface area (Å²) in [6, 6.07) is 26.3. The third-order valence-electron chi connectivity index (χ3n) is 8.61. The fourth-order valence-corrected chi connectivity index (χ4v) is 8.24. The van der Waals surface area contributed by atoms with E-state index in [4.69, 9.17) is 40.3 Å². The Bertz CT molecular complexity index is 1340. The van der Waals surface area contributed by atoms with E-state index in [0.29, 0.717) is 13.0 Å². The molecule has 1 fully saturated rings. The van der Waals surface area contributed by atoms with Crippen LogP contribution < -0.4 is 15.2 Å². The molecule has 0 heterocycles. The summed E-state index contributed by atoms with van der Waals surface area (Å²) in [5.74, 6) is 1.41. The van der Waals surface area contributed by atoms with Crippen LogP contribution in [-0.2, 0) is 24.1 Å². The van der Waals surface area contributed by atoms with Gasteiger partial charge in [0.05, 0.1) is 33.0 Å². The van der Waals surface area contributed by atoms with Crippen LogP contribution in [0.15, 0.2) is 78.9 Å². The molecular weight excluding hydrogens is 613 g/mol. The van der Waals surface area contributed by atoms with E-state index in [-0.39, 0.29) is 43.3 Å². The van der Waals surface area contributed by atoms with Crippen molar-refractivity contribution in [3.63, 3.8) is 0 Å². The molecule has 0 bridgehead atoms. The van der Waals surface area contributed by atoms with E-state index >= 15 is 0 Å². The van der Waals surface area contributed by atoms with Crippen LogP contribution in [-0.4, -0.2) is 76.1 Å². The SMILES string of the molecule is [C-]#[N+]CCOP(OC1[C@@H](COC(c2ccccc2)(c2ccc(OC)cc2)c2ccc(OC)cc2)C[C@H](N)[C@H]1OC)N(C(C)C)C(C)C. The highest BCUT2D eigenvalue weighted by Crippen LogP contribution is 2.51. The fourth-order valence-electron chi connectivity index (χ4n) is 6.45. The first-order valence-electron chi connectivity index (χ1n) is 16.2. The molecule has 2 N–H and O–H groups in total. The summed E-state index contributed by atoms with van der Waals surface area (Å²) in [4.78, 5) is 3.49. The van der Waals surface area contributed by atoms with Crippen LogP contribution in [0.25, 0.3) is 4.85 Å². The number of ether oxygens (including phenoxy) is 4. The lowest BCUT2D eigenvalue weighted by molar-refractivity contribution is -0.0520. The highest BCUT2D eigenvalue weighted by molar-refractivity contribution is 7.44. The zero-order chi connectivity index (χ0) is 34.0. The second kappa shape index (κ2) is 17.4. The average Bonchev–Trinajstić information content (AvgIpc) is 3.38. The van der Waals surface area contributed by atoms with Crippen molar-refractivity contribution in [1.82, 2.24) is 4.67 Å². The van der Waals surface area contributed by atoms with Gasteiger partial charge in [-0.3, -0.25) is 0 Å². The molecule has 254 valence electrons. The van der Waals surface area contributed by atoms with Crippen LogP contribution in [0, 0.1) is 12.5 Å². The van der Waals surface area contributed by atoms with Crippen molar-refractivity contribution in [3.05, 3.63) is 107 Å². The molecule has 5 atom stereocenters. The van der Waals surface area contributed by atoms with E-state index < -0.39 is 20.2 Å². The van der Waals surface area contributed by atoms with E-state index in [0.717, 1.165) is 28.2 Å². The first kappa shape index (κ1) is 36.8. The van der Waals surface area contributed by atoms with Gasteiger partial charge in [-0.2, -0.15) is 0 Å². The van der Waals surface area contributed by atoms with Gasteiger partial charge in [-0.15, -0.1) is 0 Å². The molecule has 0 amide bonds. The Labute approximate surface area is 282 Å².